The minimum absolute atomic E-state index is 0.0762. The van der Waals surface area contributed by atoms with Gasteiger partial charge in [0.25, 0.3) is 5.91 Å². The highest BCUT2D eigenvalue weighted by Gasteiger charge is 2.17. The average Bonchev–Trinajstić information content (AvgIpc) is 2.77. The Labute approximate surface area is 131 Å². The molecule has 1 amide bonds. The molecule has 2 aromatic rings. The lowest BCUT2D eigenvalue weighted by molar-refractivity contribution is 0.0958. The van der Waals surface area contributed by atoms with E-state index in [0.717, 1.165) is 15.6 Å². The summed E-state index contributed by atoms with van der Waals surface area (Å²) in [7, 11) is -0.863. The van der Waals surface area contributed by atoms with Gasteiger partial charge in [0.2, 0.25) is 0 Å². The minimum atomic E-state index is -0.863. The number of amides is 1. The molecule has 1 heterocycles. The predicted molar refractivity (Wildman–Crippen MR) is 91.5 cm³/mol. The van der Waals surface area contributed by atoms with Crippen molar-refractivity contribution in [3.8, 4) is 0 Å². The molecule has 6 heteroatoms. The Morgan fingerprint density at radius 2 is 2.19 bits per heavy atom. The van der Waals surface area contributed by atoms with Crippen LogP contribution in [0.15, 0.2) is 18.2 Å². The molecule has 0 saturated carbocycles. The van der Waals surface area contributed by atoms with Crippen molar-refractivity contribution in [1.29, 1.82) is 0 Å². The zero-order chi connectivity index (χ0) is 15.6. The molecule has 0 aliphatic rings. The van der Waals surface area contributed by atoms with E-state index in [1.165, 1.54) is 11.3 Å². The van der Waals surface area contributed by atoms with Gasteiger partial charge in [0.15, 0.2) is 0 Å². The van der Waals surface area contributed by atoms with Gasteiger partial charge in [-0.3, -0.25) is 9.00 Å². The number of carbonyl (C=O) groups is 1. The first-order valence-corrected chi connectivity index (χ1v) is 9.23. The monoisotopic (exact) mass is 324 g/mol. The summed E-state index contributed by atoms with van der Waals surface area (Å²) in [6.07, 6.45) is 2.37. The Morgan fingerprint density at radius 3 is 2.81 bits per heavy atom. The maximum Gasteiger partial charge on any atom is 0.263 e. The van der Waals surface area contributed by atoms with Crippen LogP contribution in [0.3, 0.4) is 0 Å². The van der Waals surface area contributed by atoms with Gasteiger partial charge in [0.1, 0.15) is 4.88 Å². The van der Waals surface area contributed by atoms with Crippen LogP contribution in [0.5, 0.6) is 0 Å². The summed E-state index contributed by atoms with van der Waals surface area (Å²) in [5.41, 5.74) is 7.76. The second kappa shape index (κ2) is 6.58. The number of fused-ring (bicyclic) bond motifs is 1. The fourth-order valence-corrected chi connectivity index (χ4v) is 3.64. The molecule has 1 aromatic heterocycles. The minimum Gasteiger partial charge on any atom is -0.397 e. The van der Waals surface area contributed by atoms with Crippen LogP contribution in [0, 0.1) is 6.92 Å². The summed E-state index contributed by atoms with van der Waals surface area (Å²) in [5.74, 6) is -0.151. The maximum absolute atomic E-state index is 12.2. The summed E-state index contributed by atoms with van der Waals surface area (Å²) in [6, 6.07) is 5.89. The Hall–Kier alpha value is -1.40. The third-order valence-corrected chi connectivity index (χ3v) is 6.28. The van der Waals surface area contributed by atoms with Crippen LogP contribution in [0.25, 0.3) is 10.1 Å². The van der Waals surface area contributed by atoms with E-state index in [1.54, 1.807) is 6.26 Å². The molecule has 0 spiro atoms. The van der Waals surface area contributed by atoms with E-state index < -0.39 is 10.8 Å². The fourth-order valence-electron chi connectivity index (χ4n) is 2.08. The van der Waals surface area contributed by atoms with E-state index in [-0.39, 0.29) is 11.2 Å². The summed E-state index contributed by atoms with van der Waals surface area (Å²) in [4.78, 5) is 12.8. The van der Waals surface area contributed by atoms with Gasteiger partial charge in [-0.05, 0) is 18.9 Å². The number of nitrogens with one attached hydrogen (secondary N) is 1. The Kier molecular flexibility index (Phi) is 5.00. The molecular weight excluding hydrogens is 304 g/mol. The first kappa shape index (κ1) is 16.0. The number of anilines is 1. The molecule has 0 fully saturated rings. The van der Waals surface area contributed by atoms with Crippen molar-refractivity contribution in [2.45, 2.75) is 25.5 Å². The molecule has 4 nitrogen and oxygen atoms in total. The first-order chi connectivity index (χ1) is 9.91. The quantitative estimate of drug-likeness (QED) is 0.888. The van der Waals surface area contributed by atoms with Crippen molar-refractivity contribution in [1.82, 2.24) is 5.32 Å². The van der Waals surface area contributed by atoms with Crippen molar-refractivity contribution in [2.24, 2.45) is 0 Å². The van der Waals surface area contributed by atoms with Crippen LogP contribution in [0.1, 0.15) is 28.6 Å². The molecule has 114 valence electrons. The van der Waals surface area contributed by atoms with E-state index in [4.69, 9.17) is 5.73 Å². The maximum atomic E-state index is 12.2. The van der Waals surface area contributed by atoms with Gasteiger partial charge in [-0.25, -0.2) is 0 Å². The fraction of sp³-hybridized carbons (Fsp3) is 0.400. The number of hydrogen-bond donors (Lipinski definition) is 2. The average molecular weight is 324 g/mol. The molecule has 2 rings (SSSR count). The normalized spacial score (nSPS) is 14.0. The number of benzene rings is 1. The number of rotatable bonds is 5. The van der Waals surface area contributed by atoms with Gasteiger partial charge in [-0.2, -0.15) is 0 Å². The van der Waals surface area contributed by atoms with Crippen molar-refractivity contribution < 1.29 is 9.00 Å². The predicted octanol–water partition coefficient (Wildman–Crippen LogP) is 2.68. The molecule has 0 radical (unpaired) electrons. The zero-order valence-corrected chi connectivity index (χ0v) is 14.1. The van der Waals surface area contributed by atoms with Gasteiger partial charge < -0.3 is 11.1 Å². The molecule has 0 aliphatic carbocycles. The summed E-state index contributed by atoms with van der Waals surface area (Å²) < 4.78 is 12.3. The summed E-state index contributed by atoms with van der Waals surface area (Å²) >= 11 is 1.43. The third kappa shape index (κ3) is 3.44. The molecule has 0 saturated heterocycles. The van der Waals surface area contributed by atoms with E-state index in [0.29, 0.717) is 23.5 Å². The molecule has 2 unspecified atom stereocenters. The summed E-state index contributed by atoms with van der Waals surface area (Å²) in [5, 5.41) is 3.88. The van der Waals surface area contributed by atoms with Crippen LogP contribution in [-0.2, 0) is 10.8 Å². The number of hydrogen-bond acceptors (Lipinski definition) is 4. The van der Waals surface area contributed by atoms with E-state index in [1.807, 2.05) is 32.0 Å². The lowest BCUT2D eigenvalue weighted by Gasteiger charge is -2.08. The van der Waals surface area contributed by atoms with Crippen LogP contribution in [0.4, 0.5) is 5.69 Å². The smallest absolute Gasteiger partial charge is 0.263 e. The lowest BCUT2D eigenvalue weighted by atomic mass is 10.1. The van der Waals surface area contributed by atoms with Crippen molar-refractivity contribution in [3.05, 3.63) is 28.6 Å². The van der Waals surface area contributed by atoms with Gasteiger partial charge in [0.05, 0.1) is 5.69 Å². The van der Waals surface area contributed by atoms with Crippen LogP contribution < -0.4 is 11.1 Å². The van der Waals surface area contributed by atoms with Crippen molar-refractivity contribution in [3.63, 3.8) is 0 Å². The third-order valence-electron chi connectivity index (χ3n) is 3.56. The number of aryl methyl sites for hydroxylation is 1. The zero-order valence-electron chi connectivity index (χ0n) is 12.4. The standard InChI is InChI=1S/C15H20N2O2S2/c1-9-5-4-6-11-12(16)14(20-13(9)11)15(18)17-8-7-10(2)21(3)19/h4-6,10H,7-8,16H2,1-3H3,(H,17,18). The SMILES string of the molecule is Cc1cccc2c(N)c(C(=O)NCCC(C)S(C)=O)sc12. The number of thiophene rings is 1. The van der Waals surface area contributed by atoms with Crippen molar-refractivity contribution in [2.75, 3.05) is 18.5 Å². The second-order valence-electron chi connectivity index (χ2n) is 5.15. The number of carbonyl (C=O) groups excluding carboxylic acids is 1. The van der Waals surface area contributed by atoms with Gasteiger partial charge >= 0.3 is 0 Å². The van der Waals surface area contributed by atoms with E-state index in [2.05, 4.69) is 5.32 Å². The highest BCUT2D eigenvalue weighted by molar-refractivity contribution is 7.84. The Balaban J connectivity index is 2.11. The Morgan fingerprint density at radius 1 is 1.48 bits per heavy atom. The highest BCUT2D eigenvalue weighted by Crippen LogP contribution is 2.35. The topological polar surface area (TPSA) is 72.2 Å². The summed E-state index contributed by atoms with van der Waals surface area (Å²) in [6.45, 7) is 4.43. The van der Waals surface area contributed by atoms with Crippen LogP contribution in [-0.4, -0.2) is 28.2 Å². The lowest BCUT2D eigenvalue weighted by Crippen LogP contribution is -2.27. The highest BCUT2D eigenvalue weighted by atomic mass is 32.2. The Bertz CT molecular complexity index is 694. The van der Waals surface area contributed by atoms with Crippen LogP contribution >= 0.6 is 11.3 Å². The number of nitrogens with two attached hydrogens (primary N) is 1. The van der Waals surface area contributed by atoms with Crippen molar-refractivity contribution >= 4 is 43.8 Å². The molecule has 21 heavy (non-hydrogen) atoms. The van der Waals surface area contributed by atoms with Gasteiger partial charge in [0, 0.05) is 38.9 Å². The molecule has 0 bridgehead atoms. The van der Waals surface area contributed by atoms with E-state index >= 15 is 0 Å². The van der Waals surface area contributed by atoms with Gasteiger partial charge in [-0.15, -0.1) is 11.3 Å². The van der Waals surface area contributed by atoms with E-state index in [9.17, 15) is 9.00 Å². The molecule has 0 aliphatic heterocycles. The molecule has 2 atom stereocenters. The number of nitrogen functional groups attached to an aromatic ring is 1. The second-order valence-corrected chi connectivity index (χ2v) is 7.97. The largest absolute Gasteiger partial charge is 0.397 e. The molecule has 3 N–H and O–H groups in total. The molecular formula is C15H20N2O2S2. The van der Waals surface area contributed by atoms with Gasteiger partial charge in [-0.1, -0.05) is 25.1 Å². The molecule has 1 aromatic carbocycles. The first-order valence-electron chi connectivity index (χ1n) is 6.79. The van der Waals surface area contributed by atoms with Crippen LogP contribution in [0.2, 0.25) is 0 Å².